The summed E-state index contributed by atoms with van der Waals surface area (Å²) >= 11 is 0. The van der Waals surface area contributed by atoms with Gasteiger partial charge in [-0.05, 0) is 41.5 Å². The number of benzene rings is 3. The van der Waals surface area contributed by atoms with E-state index in [-0.39, 0.29) is 23.7 Å². The van der Waals surface area contributed by atoms with Crippen LogP contribution in [0.3, 0.4) is 0 Å². The predicted octanol–water partition coefficient (Wildman–Crippen LogP) is 4.73. The van der Waals surface area contributed by atoms with Crippen LogP contribution in [-0.4, -0.2) is 14.1 Å². The number of nitrogens with zero attached hydrogens (tertiary/aromatic N) is 3. The minimum atomic E-state index is -0.376. The minimum absolute atomic E-state index is 0.225. The molecule has 5 aromatic rings. The van der Waals surface area contributed by atoms with Crippen LogP contribution >= 0.6 is 0 Å². The zero-order chi connectivity index (χ0) is 20.7. The van der Waals surface area contributed by atoms with Gasteiger partial charge >= 0.3 is 0 Å². The van der Waals surface area contributed by atoms with E-state index >= 15 is 0 Å². The van der Waals surface area contributed by atoms with Crippen molar-refractivity contribution in [2.75, 3.05) is 0 Å². The molecule has 6 heteroatoms. The normalized spacial score (nSPS) is 11.4. The van der Waals surface area contributed by atoms with Gasteiger partial charge in [0.25, 0.3) is 5.56 Å². The Labute approximate surface area is 170 Å². The van der Waals surface area contributed by atoms with Crippen LogP contribution in [0.1, 0.15) is 11.1 Å². The van der Waals surface area contributed by atoms with Crippen LogP contribution in [0.15, 0.2) is 83.9 Å². The monoisotopic (exact) mass is 401 g/mol. The summed E-state index contributed by atoms with van der Waals surface area (Å²) < 4.78 is 30.5. The summed E-state index contributed by atoms with van der Waals surface area (Å²) in [7, 11) is 0. The Morgan fingerprint density at radius 3 is 2.27 bits per heavy atom. The van der Waals surface area contributed by atoms with Crippen molar-refractivity contribution < 1.29 is 8.78 Å². The maximum Gasteiger partial charge on any atom is 0.278 e. The van der Waals surface area contributed by atoms with Gasteiger partial charge in [0, 0.05) is 11.9 Å². The molecule has 2 heterocycles. The Kier molecular flexibility index (Phi) is 4.39. The molecule has 3 aromatic carbocycles. The molecule has 30 heavy (non-hydrogen) atoms. The quantitative estimate of drug-likeness (QED) is 0.437. The van der Waals surface area contributed by atoms with E-state index in [1.54, 1.807) is 18.2 Å². The first-order valence-corrected chi connectivity index (χ1v) is 9.55. The summed E-state index contributed by atoms with van der Waals surface area (Å²) in [5.74, 6) is -0.705. The van der Waals surface area contributed by atoms with Crippen LogP contribution in [-0.2, 0) is 13.1 Å². The van der Waals surface area contributed by atoms with Crippen molar-refractivity contribution in [1.82, 2.24) is 14.1 Å². The van der Waals surface area contributed by atoms with Crippen LogP contribution in [0.4, 0.5) is 8.78 Å². The largest absolute Gasteiger partial charge is 0.330 e. The summed E-state index contributed by atoms with van der Waals surface area (Å²) in [6, 6.07) is 20.3. The summed E-state index contributed by atoms with van der Waals surface area (Å²) in [5, 5.41) is 0.604. The van der Waals surface area contributed by atoms with E-state index in [0.29, 0.717) is 23.0 Å². The molecule has 2 aromatic heterocycles. The zero-order valence-corrected chi connectivity index (χ0v) is 15.9. The highest BCUT2D eigenvalue weighted by Crippen LogP contribution is 2.27. The number of aromatic nitrogens is 3. The van der Waals surface area contributed by atoms with Gasteiger partial charge in [0.05, 0.1) is 18.4 Å². The Hall–Kier alpha value is -3.80. The van der Waals surface area contributed by atoms with Gasteiger partial charge in [-0.1, -0.05) is 42.5 Å². The summed E-state index contributed by atoms with van der Waals surface area (Å²) in [6.45, 7) is 0.729. The predicted molar refractivity (Wildman–Crippen MR) is 113 cm³/mol. The third kappa shape index (κ3) is 3.16. The molecule has 148 valence electrons. The minimum Gasteiger partial charge on any atom is -0.330 e. The lowest BCUT2D eigenvalue weighted by atomic mass is 10.2. The fourth-order valence-corrected chi connectivity index (χ4v) is 3.80. The van der Waals surface area contributed by atoms with E-state index in [9.17, 15) is 13.6 Å². The van der Waals surface area contributed by atoms with Crippen LogP contribution in [0, 0.1) is 11.6 Å². The SMILES string of the molecule is O=c1c2c(ncn1Cc1ccc(F)cc1)c1cc(F)ccc1n2Cc1ccccc1. The second-order valence-electron chi connectivity index (χ2n) is 7.23. The van der Waals surface area contributed by atoms with E-state index in [4.69, 9.17) is 0 Å². The average molecular weight is 401 g/mol. The number of hydrogen-bond acceptors (Lipinski definition) is 2. The molecule has 0 fully saturated rings. The number of hydrogen-bond donors (Lipinski definition) is 0. The fraction of sp³-hybridized carbons (Fsp3) is 0.0833. The van der Waals surface area contributed by atoms with E-state index in [1.165, 1.54) is 35.2 Å². The van der Waals surface area contributed by atoms with E-state index < -0.39 is 0 Å². The molecule has 0 bridgehead atoms. The third-order valence-electron chi connectivity index (χ3n) is 5.24. The van der Waals surface area contributed by atoms with Gasteiger partial charge in [0.1, 0.15) is 22.7 Å². The molecule has 0 atom stereocenters. The first kappa shape index (κ1) is 18.2. The molecular formula is C24H17F2N3O. The highest BCUT2D eigenvalue weighted by atomic mass is 19.1. The molecule has 0 radical (unpaired) electrons. The molecule has 5 rings (SSSR count). The van der Waals surface area contributed by atoms with Gasteiger partial charge in [0.15, 0.2) is 0 Å². The summed E-state index contributed by atoms with van der Waals surface area (Å²) in [5.41, 5.74) is 3.23. The first-order valence-electron chi connectivity index (χ1n) is 9.55. The maximum absolute atomic E-state index is 13.9. The van der Waals surface area contributed by atoms with Gasteiger partial charge in [-0.25, -0.2) is 13.8 Å². The lowest BCUT2D eigenvalue weighted by Gasteiger charge is -2.09. The van der Waals surface area contributed by atoms with Crippen molar-refractivity contribution in [3.05, 3.63) is 112 Å². The van der Waals surface area contributed by atoms with Crippen LogP contribution in [0.2, 0.25) is 0 Å². The molecule has 4 nitrogen and oxygen atoms in total. The molecule has 0 N–H and O–H groups in total. The van der Waals surface area contributed by atoms with Crippen LogP contribution < -0.4 is 5.56 Å². The van der Waals surface area contributed by atoms with Crippen molar-refractivity contribution in [2.45, 2.75) is 13.1 Å². The average Bonchev–Trinajstić information content (AvgIpc) is 3.06. The summed E-state index contributed by atoms with van der Waals surface area (Å²) in [4.78, 5) is 17.9. The van der Waals surface area contributed by atoms with Crippen LogP contribution in [0.25, 0.3) is 21.9 Å². The smallest absolute Gasteiger partial charge is 0.278 e. The second-order valence-corrected chi connectivity index (χ2v) is 7.23. The molecule has 0 amide bonds. The molecule has 0 unspecified atom stereocenters. The van der Waals surface area contributed by atoms with E-state index in [1.807, 2.05) is 34.9 Å². The zero-order valence-electron chi connectivity index (χ0n) is 15.9. The lowest BCUT2D eigenvalue weighted by molar-refractivity contribution is 0.626. The van der Waals surface area contributed by atoms with Crippen molar-refractivity contribution >= 4 is 21.9 Å². The highest BCUT2D eigenvalue weighted by Gasteiger charge is 2.17. The fourth-order valence-electron chi connectivity index (χ4n) is 3.80. The Balaban J connectivity index is 1.72. The second kappa shape index (κ2) is 7.22. The molecule has 0 saturated heterocycles. The molecule has 0 saturated carbocycles. The van der Waals surface area contributed by atoms with Crippen molar-refractivity contribution in [3.63, 3.8) is 0 Å². The van der Waals surface area contributed by atoms with Gasteiger partial charge in [-0.15, -0.1) is 0 Å². The third-order valence-corrected chi connectivity index (χ3v) is 5.24. The number of rotatable bonds is 4. The molecule has 0 aliphatic heterocycles. The van der Waals surface area contributed by atoms with Crippen molar-refractivity contribution in [1.29, 1.82) is 0 Å². The van der Waals surface area contributed by atoms with Gasteiger partial charge in [0.2, 0.25) is 0 Å². The Morgan fingerprint density at radius 1 is 0.800 bits per heavy atom. The van der Waals surface area contributed by atoms with Crippen LogP contribution in [0.5, 0.6) is 0 Å². The Morgan fingerprint density at radius 2 is 1.50 bits per heavy atom. The first-order chi connectivity index (χ1) is 14.6. The highest BCUT2D eigenvalue weighted by molar-refractivity contribution is 6.05. The van der Waals surface area contributed by atoms with Gasteiger partial charge in [-0.3, -0.25) is 9.36 Å². The summed E-state index contributed by atoms with van der Waals surface area (Å²) in [6.07, 6.45) is 1.46. The standard InChI is InChI=1S/C24H17F2N3O/c25-18-8-6-17(7-9-18)13-28-15-27-22-20-12-19(26)10-11-21(20)29(23(22)24(28)30)14-16-4-2-1-3-5-16/h1-12,15H,13-14H2. The molecular weight excluding hydrogens is 384 g/mol. The maximum atomic E-state index is 13.9. The number of halogens is 2. The van der Waals surface area contributed by atoms with Gasteiger partial charge in [-0.2, -0.15) is 0 Å². The van der Waals surface area contributed by atoms with Gasteiger partial charge < -0.3 is 4.57 Å². The Bertz CT molecular complexity index is 1420. The molecule has 0 spiro atoms. The molecule has 0 aliphatic carbocycles. The van der Waals surface area contributed by atoms with Crippen molar-refractivity contribution in [2.24, 2.45) is 0 Å². The molecule has 0 aliphatic rings. The lowest BCUT2D eigenvalue weighted by Crippen LogP contribution is -2.23. The van der Waals surface area contributed by atoms with E-state index in [0.717, 1.165) is 16.6 Å². The number of fused-ring (bicyclic) bond motifs is 3. The topological polar surface area (TPSA) is 39.8 Å². The van der Waals surface area contributed by atoms with E-state index in [2.05, 4.69) is 4.98 Å². The van der Waals surface area contributed by atoms with Crippen molar-refractivity contribution in [3.8, 4) is 0 Å².